The average Bonchev–Trinajstić information content (AvgIpc) is 1.89. The van der Waals surface area contributed by atoms with Crippen molar-refractivity contribution in [2.75, 3.05) is 0 Å². The summed E-state index contributed by atoms with van der Waals surface area (Å²) in [5, 5.41) is 9.49. The van der Waals surface area contributed by atoms with Crippen LogP contribution >= 0.6 is 0 Å². The van der Waals surface area contributed by atoms with Gasteiger partial charge >= 0.3 is 0 Å². The fourth-order valence-electron chi connectivity index (χ4n) is 0.877. The van der Waals surface area contributed by atoms with Crippen molar-refractivity contribution in [3.8, 4) is 0 Å². The van der Waals surface area contributed by atoms with Crippen molar-refractivity contribution in [1.82, 2.24) is 0 Å². The summed E-state index contributed by atoms with van der Waals surface area (Å²) in [7, 11) is 0. The molecule has 1 radical (unpaired) electrons. The molecule has 0 aliphatic rings. The van der Waals surface area contributed by atoms with Crippen LogP contribution < -0.4 is 0 Å². The van der Waals surface area contributed by atoms with E-state index in [4.69, 9.17) is 0 Å². The molecule has 0 aliphatic carbocycles. The van der Waals surface area contributed by atoms with E-state index in [1.165, 1.54) is 12.8 Å². The Morgan fingerprint density at radius 1 is 1.40 bits per heavy atom. The lowest BCUT2D eigenvalue weighted by Gasteiger charge is -2.20. The van der Waals surface area contributed by atoms with E-state index in [-0.39, 0.29) is 0 Å². The molecule has 0 saturated carbocycles. The third kappa shape index (κ3) is 4.80. The van der Waals surface area contributed by atoms with Crippen molar-refractivity contribution < 1.29 is 5.11 Å². The predicted octanol–water partition coefficient (Wildman–Crippen LogP) is 2.54. The molecule has 1 N–H and O–H groups in total. The maximum Gasteiger partial charge on any atom is 0.0648 e. The topological polar surface area (TPSA) is 20.2 Å². The van der Waals surface area contributed by atoms with Crippen molar-refractivity contribution in [3.63, 3.8) is 0 Å². The van der Waals surface area contributed by atoms with Crippen molar-refractivity contribution >= 4 is 0 Å². The van der Waals surface area contributed by atoms with Crippen LogP contribution in [0.4, 0.5) is 0 Å². The van der Waals surface area contributed by atoms with Crippen molar-refractivity contribution in [2.45, 2.75) is 52.1 Å². The maximum atomic E-state index is 9.49. The van der Waals surface area contributed by atoms with Gasteiger partial charge in [-0.25, -0.2) is 0 Å². The van der Waals surface area contributed by atoms with Crippen LogP contribution in [0.1, 0.15) is 46.5 Å². The summed E-state index contributed by atoms with van der Waals surface area (Å²) in [6.45, 7) is 5.94. The van der Waals surface area contributed by atoms with Crippen LogP contribution in [-0.2, 0) is 0 Å². The van der Waals surface area contributed by atoms with E-state index in [0.29, 0.717) is 0 Å². The Morgan fingerprint density at radius 3 is 2.40 bits per heavy atom. The molecule has 0 aliphatic heterocycles. The van der Waals surface area contributed by atoms with Gasteiger partial charge in [0, 0.05) is 0 Å². The highest BCUT2D eigenvalue weighted by Crippen LogP contribution is 2.16. The molecule has 1 unspecified atom stereocenters. The van der Waals surface area contributed by atoms with Crippen LogP contribution in [0.25, 0.3) is 0 Å². The van der Waals surface area contributed by atoms with E-state index >= 15 is 0 Å². The molecule has 0 heterocycles. The first-order valence-electron chi connectivity index (χ1n) is 4.15. The quantitative estimate of drug-likeness (QED) is 0.586. The van der Waals surface area contributed by atoms with Gasteiger partial charge in [0.1, 0.15) is 0 Å². The van der Waals surface area contributed by atoms with E-state index in [0.717, 1.165) is 12.8 Å². The van der Waals surface area contributed by atoms with Gasteiger partial charge in [0.2, 0.25) is 0 Å². The normalized spacial score (nSPS) is 16.8. The molecule has 1 heteroatoms. The molecule has 1 nitrogen and oxygen atoms in total. The van der Waals surface area contributed by atoms with Crippen LogP contribution in [0.15, 0.2) is 0 Å². The molecule has 0 amide bonds. The Morgan fingerprint density at radius 2 is 2.00 bits per heavy atom. The third-order valence-electron chi connectivity index (χ3n) is 1.91. The van der Waals surface area contributed by atoms with Gasteiger partial charge in [-0.05, 0) is 19.8 Å². The number of aliphatic hydroxyl groups is 1. The fourth-order valence-corrected chi connectivity index (χ4v) is 0.877. The highest BCUT2D eigenvalue weighted by molar-refractivity contribution is 4.84. The van der Waals surface area contributed by atoms with Crippen molar-refractivity contribution in [3.05, 3.63) is 6.42 Å². The summed E-state index contributed by atoms with van der Waals surface area (Å²) in [6, 6.07) is 0. The summed E-state index contributed by atoms with van der Waals surface area (Å²) in [6.07, 6.45) is 6.34. The molecule has 0 aromatic heterocycles. The van der Waals surface area contributed by atoms with Gasteiger partial charge in [0.05, 0.1) is 5.60 Å². The molecule has 0 rings (SSSR count). The third-order valence-corrected chi connectivity index (χ3v) is 1.91. The molecular weight excluding hydrogens is 124 g/mol. The molecule has 10 heavy (non-hydrogen) atoms. The average molecular weight is 143 g/mol. The molecule has 0 aromatic rings. The van der Waals surface area contributed by atoms with E-state index in [9.17, 15) is 5.11 Å². The first-order valence-corrected chi connectivity index (χ1v) is 4.15. The second kappa shape index (κ2) is 4.73. The smallest absolute Gasteiger partial charge is 0.0648 e. The molecule has 0 bridgehead atoms. The van der Waals surface area contributed by atoms with Gasteiger partial charge in [0.25, 0.3) is 0 Å². The highest BCUT2D eigenvalue weighted by Gasteiger charge is 2.15. The number of hydrogen-bond acceptors (Lipinski definition) is 1. The minimum Gasteiger partial charge on any atom is -0.390 e. The van der Waals surface area contributed by atoms with Gasteiger partial charge in [-0.1, -0.05) is 33.1 Å². The molecule has 0 fully saturated rings. The fraction of sp³-hybridized carbons (Fsp3) is 0.889. The molecule has 0 saturated heterocycles. The van der Waals surface area contributed by atoms with E-state index in [2.05, 4.69) is 6.92 Å². The van der Waals surface area contributed by atoms with Crippen LogP contribution in [-0.4, -0.2) is 10.7 Å². The Kier molecular flexibility index (Phi) is 4.71. The summed E-state index contributed by atoms with van der Waals surface area (Å²) in [5.74, 6) is 0. The zero-order valence-corrected chi connectivity index (χ0v) is 7.35. The summed E-state index contributed by atoms with van der Waals surface area (Å²) in [5.41, 5.74) is -0.533. The standard InChI is InChI=1S/C9H19O/c1-4-6-7-8-9(3,10)5-2/h5,10H,4,6-8H2,1-3H3. The Labute approximate surface area is 64.5 Å². The lowest BCUT2D eigenvalue weighted by atomic mass is 9.96. The van der Waals surface area contributed by atoms with Crippen LogP contribution in [0, 0.1) is 6.42 Å². The maximum absolute atomic E-state index is 9.49. The second-order valence-electron chi connectivity index (χ2n) is 3.10. The molecule has 0 spiro atoms. The Balaban J connectivity index is 3.28. The van der Waals surface area contributed by atoms with Crippen molar-refractivity contribution in [1.29, 1.82) is 0 Å². The Bertz CT molecular complexity index is 76.8. The van der Waals surface area contributed by atoms with Crippen LogP contribution in [0.2, 0.25) is 0 Å². The monoisotopic (exact) mass is 143 g/mol. The zero-order chi connectivity index (χ0) is 8.04. The largest absolute Gasteiger partial charge is 0.390 e. The minimum atomic E-state index is -0.533. The number of hydrogen-bond donors (Lipinski definition) is 1. The lowest BCUT2D eigenvalue weighted by Crippen LogP contribution is -2.22. The number of rotatable bonds is 5. The SMILES string of the molecule is C[CH]C(C)(O)CCCCC. The molecule has 1 atom stereocenters. The Hall–Kier alpha value is -0.0400. The zero-order valence-electron chi connectivity index (χ0n) is 7.35. The van der Waals surface area contributed by atoms with Gasteiger partial charge in [-0.15, -0.1) is 0 Å². The van der Waals surface area contributed by atoms with Gasteiger partial charge in [-0.2, -0.15) is 0 Å². The molecular formula is C9H19O. The minimum absolute atomic E-state index is 0.533. The molecule has 61 valence electrons. The highest BCUT2D eigenvalue weighted by atomic mass is 16.3. The molecule has 0 aromatic carbocycles. The van der Waals surface area contributed by atoms with Gasteiger partial charge < -0.3 is 5.11 Å². The predicted molar refractivity (Wildman–Crippen MR) is 44.7 cm³/mol. The van der Waals surface area contributed by atoms with E-state index in [1.54, 1.807) is 0 Å². The summed E-state index contributed by atoms with van der Waals surface area (Å²) < 4.78 is 0. The first-order chi connectivity index (χ1) is 4.62. The van der Waals surface area contributed by atoms with Crippen LogP contribution in [0.5, 0.6) is 0 Å². The van der Waals surface area contributed by atoms with Gasteiger partial charge in [0.15, 0.2) is 0 Å². The summed E-state index contributed by atoms with van der Waals surface area (Å²) in [4.78, 5) is 0. The number of unbranched alkanes of at least 4 members (excludes halogenated alkanes) is 2. The summed E-state index contributed by atoms with van der Waals surface area (Å²) >= 11 is 0. The van der Waals surface area contributed by atoms with Gasteiger partial charge in [-0.3, -0.25) is 0 Å². The van der Waals surface area contributed by atoms with E-state index in [1.807, 2.05) is 20.3 Å². The van der Waals surface area contributed by atoms with Crippen molar-refractivity contribution in [2.24, 2.45) is 0 Å². The first kappa shape index (κ1) is 9.96. The van der Waals surface area contributed by atoms with E-state index < -0.39 is 5.60 Å². The second-order valence-corrected chi connectivity index (χ2v) is 3.10. The van der Waals surface area contributed by atoms with Crippen LogP contribution in [0.3, 0.4) is 0 Å². The lowest BCUT2D eigenvalue weighted by molar-refractivity contribution is 0.0821.